The van der Waals surface area contributed by atoms with E-state index in [9.17, 15) is 0 Å². The van der Waals surface area contributed by atoms with Gasteiger partial charge in [-0.1, -0.05) is 25.0 Å². The monoisotopic (exact) mass is 230 g/mol. The predicted molar refractivity (Wildman–Crippen MR) is 71.8 cm³/mol. The molecule has 1 aliphatic heterocycles. The molecule has 3 rings (SSSR count). The van der Waals surface area contributed by atoms with E-state index < -0.39 is 0 Å². The van der Waals surface area contributed by atoms with E-state index in [0.29, 0.717) is 0 Å². The molecule has 2 N–H and O–H groups in total. The van der Waals surface area contributed by atoms with Crippen molar-refractivity contribution in [2.24, 2.45) is 5.92 Å². The van der Waals surface area contributed by atoms with Crippen LogP contribution in [0.3, 0.4) is 0 Å². The Morgan fingerprint density at radius 2 is 2.24 bits per heavy atom. The molecule has 0 spiro atoms. The molecule has 0 radical (unpaired) electrons. The number of nitrogens with zero attached hydrogens (tertiary/aromatic N) is 1. The quantitative estimate of drug-likeness (QED) is 0.809. The summed E-state index contributed by atoms with van der Waals surface area (Å²) < 4.78 is 0. The first kappa shape index (κ1) is 11.1. The molecule has 1 heterocycles. The highest BCUT2D eigenvalue weighted by Gasteiger charge is 2.28. The van der Waals surface area contributed by atoms with Gasteiger partial charge in [0, 0.05) is 24.8 Å². The van der Waals surface area contributed by atoms with Crippen molar-refractivity contribution >= 4 is 5.69 Å². The van der Waals surface area contributed by atoms with Gasteiger partial charge in [-0.2, -0.15) is 0 Å². The standard InChI is InChI=1S/C15H22N2/c1-11(9-12-5-6-12)17-8-7-14-13(10-17)3-2-4-15(14)16/h2-4,11-12H,5-10,16H2,1H3. The van der Waals surface area contributed by atoms with Crippen molar-refractivity contribution in [3.8, 4) is 0 Å². The third kappa shape index (κ3) is 2.32. The minimum absolute atomic E-state index is 0.733. The molecule has 1 aromatic carbocycles. The molecule has 0 bridgehead atoms. The summed E-state index contributed by atoms with van der Waals surface area (Å²) >= 11 is 0. The van der Waals surface area contributed by atoms with Crippen molar-refractivity contribution in [1.82, 2.24) is 4.90 Å². The molecular formula is C15H22N2. The summed E-state index contributed by atoms with van der Waals surface area (Å²) in [7, 11) is 0. The minimum atomic E-state index is 0.733. The lowest BCUT2D eigenvalue weighted by Gasteiger charge is -2.34. The van der Waals surface area contributed by atoms with Gasteiger partial charge in [-0.3, -0.25) is 4.90 Å². The van der Waals surface area contributed by atoms with E-state index in [1.807, 2.05) is 6.07 Å². The van der Waals surface area contributed by atoms with Crippen molar-refractivity contribution in [1.29, 1.82) is 0 Å². The second-order valence-electron chi connectivity index (χ2n) is 5.73. The van der Waals surface area contributed by atoms with E-state index >= 15 is 0 Å². The molecule has 2 aliphatic rings. The van der Waals surface area contributed by atoms with E-state index in [1.54, 1.807) is 0 Å². The molecule has 0 saturated heterocycles. The minimum Gasteiger partial charge on any atom is -0.398 e. The van der Waals surface area contributed by atoms with Gasteiger partial charge < -0.3 is 5.73 Å². The van der Waals surface area contributed by atoms with Crippen LogP contribution in [0.4, 0.5) is 5.69 Å². The summed E-state index contributed by atoms with van der Waals surface area (Å²) in [4.78, 5) is 2.63. The fourth-order valence-corrected chi connectivity index (χ4v) is 3.02. The largest absolute Gasteiger partial charge is 0.398 e. The molecular weight excluding hydrogens is 208 g/mol. The lowest BCUT2D eigenvalue weighted by molar-refractivity contribution is 0.177. The third-order valence-electron chi connectivity index (χ3n) is 4.33. The molecule has 1 fully saturated rings. The second-order valence-corrected chi connectivity index (χ2v) is 5.73. The summed E-state index contributed by atoms with van der Waals surface area (Å²) in [5.74, 6) is 1.02. The van der Waals surface area contributed by atoms with Crippen LogP contribution in [0.25, 0.3) is 0 Å². The fraction of sp³-hybridized carbons (Fsp3) is 0.600. The Kier molecular flexibility index (Phi) is 2.83. The maximum atomic E-state index is 6.04. The van der Waals surface area contributed by atoms with Crippen LogP contribution in [0.15, 0.2) is 18.2 Å². The third-order valence-corrected chi connectivity index (χ3v) is 4.33. The summed E-state index contributed by atoms with van der Waals surface area (Å²) in [6.07, 6.45) is 5.43. The smallest absolute Gasteiger partial charge is 0.0350 e. The molecule has 1 unspecified atom stereocenters. The molecule has 1 aliphatic carbocycles. The number of fused-ring (bicyclic) bond motifs is 1. The molecule has 92 valence electrons. The van der Waals surface area contributed by atoms with Gasteiger partial charge in [-0.25, -0.2) is 0 Å². The van der Waals surface area contributed by atoms with Crippen molar-refractivity contribution in [2.45, 2.75) is 45.2 Å². The van der Waals surface area contributed by atoms with E-state index in [1.165, 1.54) is 36.9 Å². The Morgan fingerprint density at radius 3 is 3.00 bits per heavy atom. The van der Waals surface area contributed by atoms with Crippen LogP contribution in [0.5, 0.6) is 0 Å². The van der Waals surface area contributed by atoms with Crippen LogP contribution in [-0.2, 0) is 13.0 Å². The number of hydrogen-bond donors (Lipinski definition) is 1. The van der Waals surface area contributed by atoms with Crippen molar-refractivity contribution in [2.75, 3.05) is 12.3 Å². The topological polar surface area (TPSA) is 29.3 Å². The highest BCUT2D eigenvalue weighted by molar-refractivity contribution is 5.51. The lowest BCUT2D eigenvalue weighted by Crippen LogP contribution is -2.38. The first-order valence-electron chi connectivity index (χ1n) is 6.84. The SMILES string of the molecule is CC(CC1CC1)N1CCc2c(N)cccc2C1. The number of nitrogens with two attached hydrogens (primary N) is 1. The number of hydrogen-bond acceptors (Lipinski definition) is 2. The fourth-order valence-electron chi connectivity index (χ4n) is 3.02. The zero-order valence-electron chi connectivity index (χ0n) is 10.7. The molecule has 2 heteroatoms. The Morgan fingerprint density at radius 1 is 1.41 bits per heavy atom. The molecule has 1 atom stereocenters. The Hall–Kier alpha value is -1.02. The van der Waals surface area contributed by atoms with Crippen LogP contribution in [-0.4, -0.2) is 17.5 Å². The Balaban J connectivity index is 1.71. The van der Waals surface area contributed by atoms with E-state index in [0.717, 1.165) is 30.6 Å². The number of rotatable bonds is 3. The number of anilines is 1. The Bertz CT molecular complexity index is 409. The zero-order valence-corrected chi connectivity index (χ0v) is 10.7. The maximum Gasteiger partial charge on any atom is 0.0350 e. The Labute approximate surface area is 104 Å². The average Bonchev–Trinajstić information content (AvgIpc) is 3.13. The molecule has 0 amide bonds. The summed E-state index contributed by atoms with van der Waals surface area (Å²) in [5.41, 5.74) is 9.85. The predicted octanol–water partition coefficient (Wildman–Crippen LogP) is 2.82. The van der Waals surface area contributed by atoms with Gasteiger partial charge in [0.1, 0.15) is 0 Å². The van der Waals surface area contributed by atoms with Gasteiger partial charge >= 0.3 is 0 Å². The van der Waals surface area contributed by atoms with Gasteiger partial charge in [0.05, 0.1) is 0 Å². The number of nitrogen functional groups attached to an aromatic ring is 1. The van der Waals surface area contributed by atoms with Crippen LogP contribution >= 0.6 is 0 Å². The van der Waals surface area contributed by atoms with Crippen LogP contribution in [0.2, 0.25) is 0 Å². The average molecular weight is 230 g/mol. The van der Waals surface area contributed by atoms with Crippen molar-refractivity contribution in [3.05, 3.63) is 29.3 Å². The molecule has 1 saturated carbocycles. The summed E-state index contributed by atoms with van der Waals surface area (Å²) in [6.45, 7) is 4.65. The first-order valence-corrected chi connectivity index (χ1v) is 6.84. The van der Waals surface area contributed by atoms with Gasteiger partial charge in [-0.05, 0) is 42.9 Å². The molecule has 2 nitrogen and oxygen atoms in total. The molecule has 0 aromatic heterocycles. The normalized spacial score (nSPS) is 22.2. The number of benzene rings is 1. The van der Waals surface area contributed by atoms with Gasteiger partial charge in [0.15, 0.2) is 0 Å². The van der Waals surface area contributed by atoms with E-state index in [4.69, 9.17) is 5.73 Å². The van der Waals surface area contributed by atoms with Crippen LogP contribution in [0, 0.1) is 5.92 Å². The van der Waals surface area contributed by atoms with E-state index in [-0.39, 0.29) is 0 Å². The molecule has 17 heavy (non-hydrogen) atoms. The molecule has 1 aromatic rings. The summed E-state index contributed by atoms with van der Waals surface area (Å²) in [6, 6.07) is 7.09. The highest BCUT2D eigenvalue weighted by atomic mass is 15.2. The van der Waals surface area contributed by atoms with Crippen LogP contribution in [0.1, 0.15) is 37.3 Å². The highest BCUT2D eigenvalue weighted by Crippen LogP contribution is 2.35. The second kappa shape index (κ2) is 4.34. The van der Waals surface area contributed by atoms with Gasteiger partial charge in [0.25, 0.3) is 0 Å². The maximum absolute atomic E-state index is 6.04. The zero-order chi connectivity index (χ0) is 11.8. The summed E-state index contributed by atoms with van der Waals surface area (Å²) in [5, 5.41) is 0. The van der Waals surface area contributed by atoms with Gasteiger partial charge in [-0.15, -0.1) is 0 Å². The van der Waals surface area contributed by atoms with Crippen molar-refractivity contribution < 1.29 is 0 Å². The van der Waals surface area contributed by atoms with Gasteiger partial charge in [0.2, 0.25) is 0 Å². The van der Waals surface area contributed by atoms with Crippen LogP contribution < -0.4 is 5.73 Å². The lowest BCUT2D eigenvalue weighted by atomic mass is 9.96. The van der Waals surface area contributed by atoms with Crippen molar-refractivity contribution in [3.63, 3.8) is 0 Å². The van der Waals surface area contributed by atoms with E-state index in [2.05, 4.69) is 24.0 Å². The first-order chi connectivity index (χ1) is 8.24.